The quantitative estimate of drug-likeness (QED) is 0.574. The first-order valence-corrected chi connectivity index (χ1v) is 12.3. The molecule has 0 spiro atoms. The number of nitrogens with two attached hydrogens (primary N) is 1. The van der Waals surface area contributed by atoms with Gasteiger partial charge < -0.3 is 25.4 Å². The Labute approximate surface area is 197 Å². The Morgan fingerprint density at radius 2 is 2.24 bits per heavy atom. The number of para-hydroxylation sites is 2. The molecule has 1 fully saturated rings. The fourth-order valence-corrected chi connectivity index (χ4v) is 5.96. The van der Waals surface area contributed by atoms with E-state index in [1.165, 1.54) is 10.4 Å². The maximum absolute atomic E-state index is 13.2. The standard InChI is InChI=1S/C24H29N5O3S/c1-15-13-31-11-9-29(15)24(30)16-6-7-17-20(12-16)33-23-21(17)22(26-14-27-23)28-18-4-2-3-5-19(18)32-10-8-25/h2-5,14-16H,6-13,25H2,1H3,(H,26,27,28). The Hall–Kier alpha value is -2.75. The highest BCUT2D eigenvalue weighted by Gasteiger charge is 2.34. The van der Waals surface area contributed by atoms with Gasteiger partial charge in [0.2, 0.25) is 5.91 Å². The molecule has 9 heteroatoms. The molecule has 2 atom stereocenters. The van der Waals surface area contributed by atoms with Crippen molar-refractivity contribution >= 4 is 39.0 Å². The molecule has 2 aliphatic rings. The van der Waals surface area contributed by atoms with Crippen LogP contribution in [-0.2, 0) is 22.4 Å². The molecule has 0 bridgehead atoms. The zero-order chi connectivity index (χ0) is 22.8. The summed E-state index contributed by atoms with van der Waals surface area (Å²) in [4.78, 5) is 26.5. The molecule has 174 valence electrons. The van der Waals surface area contributed by atoms with Crippen LogP contribution in [0.5, 0.6) is 5.75 Å². The zero-order valence-corrected chi connectivity index (χ0v) is 19.6. The molecule has 1 saturated heterocycles. The predicted octanol–water partition coefficient (Wildman–Crippen LogP) is 3.12. The van der Waals surface area contributed by atoms with E-state index in [-0.39, 0.29) is 17.9 Å². The van der Waals surface area contributed by atoms with E-state index >= 15 is 0 Å². The number of nitrogens with zero attached hydrogens (tertiary/aromatic N) is 3. The number of nitrogens with one attached hydrogen (secondary N) is 1. The van der Waals surface area contributed by atoms with Crippen LogP contribution < -0.4 is 15.8 Å². The molecule has 1 amide bonds. The molecule has 3 N–H and O–H groups in total. The predicted molar refractivity (Wildman–Crippen MR) is 129 cm³/mol. The number of ether oxygens (including phenoxy) is 2. The van der Waals surface area contributed by atoms with Crippen LogP contribution in [0.25, 0.3) is 10.2 Å². The van der Waals surface area contributed by atoms with Crippen LogP contribution in [0, 0.1) is 5.92 Å². The molecule has 3 aromatic rings. The number of anilines is 2. The molecule has 5 rings (SSSR count). The van der Waals surface area contributed by atoms with Gasteiger partial charge in [0.15, 0.2) is 0 Å². The van der Waals surface area contributed by atoms with Gasteiger partial charge in [0.25, 0.3) is 0 Å². The van der Waals surface area contributed by atoms with E-state index in [4.69, 9.17) is 15.2 Å². The number of hydrogen-bond acceptors (Lipinski definition) is 8. The van der Waals surface area contributed by atoms with Gasteiger partial charge in [0, 0.05) is 23.9 Å². The molecule has 2 aromatic heterocycles. The van der Waals surface area contributed by atoms with Gasteiger partial charge in [0.05, 0.1) is 30.3 Å². The van der Waals surface area contributed by atoms with E-state index in [2.05, 4.69) is 22.2 Å². The number of benzene rings is 1. The minimum absolute atomic E-state index is 0.0147. The third-order valence-corrected chi connectivity index (χ3v) is 7.52. The van der Waals surface area contributed by atoms with Gasteiger partial charge in [-0.1, -0.05) is 12.1 Å². The molecule has 1 aliphatic heterocycles. The third kappa shape index (κ3) is 4.40. The second-order valence-electron chi connectivity index (χ2n) is 8.56. The summed E-state index contributed by atoms with van der Waals surface area (Å²) in [6, 6.07) is 7.92. The van der Waals surface area contributed by atoms with Gasteiger partial charge in [-0.25, -0.2) is 9.97 Å². The maximum Gasteiger partial charge on any atom is 0.226 e. The fraction of sp³-hybridized carbons (Fsp3) is 0.458. The Kier molecular flexibility index (Phi) is 6.43. The lowest BCUT2D eigenvalue weighted by Crippen LogP contribution is -2.50. The van der Waals surface area contributed by atoms with E-state index in [9.17, 15) is 4.79 Å². The summed E-state index contributed by atoms with van der Waals surface area (Å²) >= 11 is 1.68. The van der Waals surface area contributed by atoms with Crippen LogP contribution in [-0.4, -0.2) is 59.7 Å². The van der Waals surface area contributed by atoms with Gasteiger partial charge in [-0.05, 0) is 43.9 Å². The van der Waals surface area contributed by atoms with Crippen molar-refractivity contribution in [3.8, 4) is 5.75 Å². The molecule has 8 nitrogen and oxygen atoms in total. The van der Waals surface area contributed by atoms with Crippen LogP contribution in [0.1, 0.15) is 23.8 Å². The first-order chi connectivity index (χ1) is 16.2. The highest BCUT2D eigenvalue weighted by molar-refractivity contribution is 7.19. The van der Waals surface area contributed by atoms with Crippen molar-refractivity contribution in [2.45, 2.75) is 32.2 Å². The second-order valence-corrected chi connectivity index (χ2v) is 9.64. The molecule has 0 radical (unpaired) electrons. The van der Waals surface area contributed by atoms with Crippen molar-refractivity contribution in [2.75, 3.05) is 38.2 Å². The Bertz CT molecular complexity index is 1150. The van der Waals surface area contributed by atoms with Crippen LogP contribution in [0.15, 0.2) is 30.6 Å². The molecule has 1 aliphatic carbocycles. The minimum Gasteiger partial charge on any atom is -0.490 e. The van der Waals surface area contributed by atoms with E-state index in [1.54, 1.807) is 17.7 Å². The summed E-state index contributed by atoms with van der Waals surface area (Å²) in [6.45, 7) is 4.89. The van der Waals surface area contributed by atoms with E-state index in [0.29, 0.717) is 32.9 Å². The monoisotopic (exact) mass is 467 g/mol. The summed E-state index contributed by atoms with van der Waals surface area (Å²) in [5.41, 5.74) is 7.71. The van der Waals surface area contributed by atoms with Gasteiger partial charge in [-0.3, -0.25) is 4.79 Å². The average Bonchev–Trinajstić information content (AvgIpc) is 3.22. The van der Waals surface area contributed by atoms with E-state index in [0.717, 1.165) is 46.7 Å². The van der Waals surface area contributed by atoms with Crippen molar-refractivity contribution in [2.24, 2.45) is 11.7 Å². The minimum atomic E-state index is 0.0147. The Morgan fingerprint density at radius 3 is 3.09 bits per heavy atom. The second kappa shape index (κ2) is 9.62. The number of rotatable bonds is 6. The third-order valence-electron chi connectivity index (χ3n) is 6.36. The average molecular weight is 468 g/mol. The number of fused-ring (bicyclic) bond motifs is 3. The van der Waals surface area contributed by atoms with Crippen LogP contribution in [0.4, 0.5) is 11.5 Å². The van der Waals surface area contributed by atoms with Crippen LogP contribution >= 0.6 is 11.3 Å². The lowest BCUT2D eigenvalue weighted by atomic mass is 9.86. The fourth-order valence-electron chi connectivity index (χ4n) is 4.70. The first kappa shape index (κ1) is 22.1. The number of hydrogen-bond donors (Lipinski definition) is 2. The number of carbonyl (C=O) groups is 1. The normalized spacial score (nSPS) is 20.5. The van der Waals surface area contributed by atoms with Crippen molar-refractivity contribution in [1.82, 2.24) is 14.9 Å². The van der Waals surface area contributed by atoms with Gasteiger partial charge >= 0.3 is 0 Å². The zero-order valence-electron chi connectivity index (χ0n) is 18.8. The van der Waals surface area contributed by atoms with Crippen LogP contribution in [0.3, 0.4) is 0 Å². The lowest BCUT2D eigenvalue weighted by Gasteiger charge is -2.36. The largest absolute Gasteiger partial charge is 0.490 e. The highest BCUT2D eigenvalue weighted by Crippen LogP contribution is 2.41. The number of amides is 1. The van der Waals surface area contributed by atoms with Gasteiger partial charge in [-0.15, -0.1) is 11.3 Å². The van der Waals surface area contributed by atoms with E-state index in [1.807, 2.05) is 29.2 Å². The topological polar surface area (TPSA) is 103 Å². The summed E-state index contributed by atoms with van der Waals surface area (Å²) in [5, 5.41) is 4.51. The van der Waals surface area contributed by atoms with Crippen molar-refractivity contribution in [3.05, 3.63) is 41.0 Å². The SMILES string of the molecule is CC1COCCN1C(=O)C1CCc2c(sc3ncnc(Nc4ccccc4OCCN)c23)C1. The van der Waals surface area contributed by atoms with Crippen molar-refractivity contribution in [3.63, 3.8) is 0 Å². The Morgan fingerprint density at radius 1 is 1.36 bits per heavy atom. The summed E-state index contributed by atoms with van der Waals surface area (Å²) in [7, 11) is 0. The van der Waals surface area contributed by atoms with Crippen LogP contribution in [0.2, 0.25) is 0 Å². The molecule has 33 heavy (non-hydrogen) atoms. The number of aromatic nitrogens is 2. The van der Waals surface area contributed by atoms with Crippen molar-refractivity contribution in [1.29, 1.82) is 0 Å². The highest BCUT2D eigenvalue weighted by atomic mass is 32.1. The molecule has 3 heterocycles. The summed E-state index contributed by atoms with van der Waals surface area (Å²) < 4.78 is 11.3. The van der Waals surface area contributed by atoms with Gasteiger partial charge in [0.1, 0.15) is 29.3 Å². The number of carbonyl (C=O) groups excluding carboxylic acids is 1. The number of thiophene rings is 1. The van der Waals surface area contributed by atoms with E-state index < -0.39 is 0 Å². The summed E-state index contributed by atoms with van der Waals surface area (Å²) in [5.74, 6) is 1.78. The summed E-state index contributed by atoms with van der Waals surface area (Å²) in [6.07, 6.45) is 4.03. The smallest absolute Gasteiger partial charge is 0.226 e. The maximum atomic E-state index is 13.2. The first-order valence-electron chi connectivity index (χ1n) is 11.5. The lowest BCUT2D eigenvalue weighted by molar-refractivity contribution is -0.143. The van der Waals surface area contributed by atoms with Crippen molar-refractivity contribution < 1.29 is 14.3 Å². The molecule has 2 unspecified atom stereocenters. The molecular weight excluding hydrogens is 438 g/mol. The Balaban J connectivity index is 1.41. The molecular formula is C24H29N5O3S. The molecule has 0 saturated carbocycles. The number of aryl methyl sites for hydroxylation is 1. The number of morpholine rings is 1. The van der Waals surface area contributed by atoms with Gasteiger partial charge in [-0.2, -0.15) is 0 Å². The molecule has 1 aromatic carbocycles.